The molecular weight excluding hydrogens is 294 g/mol. The molecule has 122 valence electrons. The number of nitrogens with one attached hydrogen (secondary N) is 2. The first-order chi connectivity index (χ1) is 10.6. The van der Waals surface area contributed by atoms with Crippen molar-refractivity contribution < 1.29 is 27.9 Å². The molecule has 1 heterocycles. The third kappa shape index (κ3) is 5.57. The normalized spacial score (nSPS) is 15.8. The van der Waals surface area contributed by atoms with E-state index < -0.39 is 6.61 Å². The number of rotatable bonds is 7. The first-order valence-corrected chi connectivity index (χ1v) is 7.39. The quantitative estimate of drug-likeness (QED) is 0.713. The van der Waals surface area contributed by atoms with Gasteiger partial charge in [0.1, 0.15) is 18.8 Å². The maximum absolute atomic E-state index is 12.0. The van der Waals surface area contributed by atoms with Crippen LogP contribution in [0.25, 0.3) is 0 Å². The predicted molar refractivity (Wildman–Crippen MR) is 76.4 cm³/mol. The summed E-state index contributed by atoms with van der Waals surface area (Å²) in [7, 11) is 0. The molecule has 0 aliphatic carbocycles. The Bertz CT molecular complexity index is 462. The summed E-state index contributed by atoms with van der Waals surface area (Å²) in [5.41, 5.74) is 0.431. The van der Waals surface area contributed by atoms with Gasteiger partial charge in [0.25, 0.3) is 5.91 Å². The summed E-state index contributed by atoms with van der Waals surface area (Å²) in [5.74, 6) is -0.164. The molecule has 0 atom stereocenters. The molecule has 2 N–H and O–H groups in total. The summed E-state index contributed by atoms with van der Waals surface area (Å²) in [6.45, 7) is 2.37. The van der Waals surface area contributed by atoms with E-state index in [1.165, 1.54) is 29.2 Å². The number of carbonyl (C=O) groups is 1. The van der Waals surface area contributed by atoms with E-state index in [1.807, 2.05) is 0 Å². The third-order valence-electron chi connectivity index (χ3n) is 3.53. The second kappa shape index (κ2) is 8.65. The van der Waals surface area contributed by atoms with E-state index in [-0.39, 0.29) is 11.7 Å². The molecule has 1 saturated heterocycles. The highest BCUT2D eigenvalue weighted by Gasteiger charge is 2.13. The lowest BCUT2D eigenvalue weighted by atomic mass is 10.2. The topological polar surface area (TPSA) is 52.0 Å². The van der Waals surface area contributed by atoms with Crippen LogP contribution in [0, 0.1) is 0 Å². The number of benzene rings is 1. The van der Waals surface area contributed by atoms with Gasteiger partial charge in [0.2, 0.25) is 0 Å². The Balaban J connectivity index is 1.68. The van der Waals surface area contributed by atoms with Crippen molar-refractivity contribution in [3.05, 3.63) is 29.8 Å². The highest BCUT2D eigenvalue weighted by atomic mass is 19.3. The number of amides is 1. The average molecular weight is 315 g/mol. The fraction of sp³-hybridized carbons (Fsp3) is 0.533. The molecule has 1 aliphatic heterocycles. The molecular formula is C15H21F2N2O3+. The van der Waals surface area contributed by atoms with Gasteiger partial charge in [0, 0.05) is 18.5 Å². The van der Waals surface area contributed by atoms with Crippen molar-refractivity contribution in [1.29, 1.82) is 0 Å². The first-order valence-electron chi connectivity index (χ1n) is 7.39. The number of hydrogen-bond acceptors (Lipinski definition) is 3. The third-order valence-corrected chi connectivity index (χ3v) is 3.53. The fourth-order valence-corrected chi connectivity index (χ4v) is 2.34. The zero-order valence-electron chi connectivity index (χ0n) is 12.3. The summed E-state index contributed by atoms with van der Waals surface area (Å²) < 4.78 is 33.6. The van der Waals surface area contributed by atoms with Crippen molar-refractivity contribution in [2.45, 2.75) is 13.0 Å². The Morgan fingerprint density at radius 2 is 1.95 bits per heavy atom. The van der Waals surface area contributed by atoms with Gasteiger partial charge < -0.3 is 19.7 Å². The van der Waals surface area contributed by atoms with Crippen molar-refractivity contribution in [3.63, 3.8) is 0 Å². The lowest BCUT2D eigenvalue weighted by Crippen LogP contribution is -3.14. The van der Waals surface area contributed by atoms with Crippen LogP contribution in [0.4, 0.5) is 8.78 Å². The van der Waals surface area contributed by atoms with Crippen molar-refractivity contribution in [3.8, 4) is 5.75 Å². The SMILES string of the molecule is O=C(NCCC[NH+]1CCOCC1)c1ccc(OC(F)F)cc1. The Morgan fingerprint density at radius 1 is 1.27 bits per heavy atom. The number of ether oxygens (including phenoxy) is 2. The molecule has 0 spiro atoms. The zero-order chi connectivity index (χ0) is 15.8. The van der Waals surface area contributed by atoms with E-state index in [0.717, 1.165) is 39.3 Å². The van der Waals surface area contributed by atoms with Gasteiger partial charge in [-0.15, -0.1) is 0 Å². The van der Waals surface area contributed by atoms with E-state index >= 15 is 0 Å². The average Bonchev–Trinajstić information content (AvgIpc) is 2.52. The molecule has 0 saturated carbocycles. The van der Waals surface area contributed by atoms with Gasteiger partial charge in [0.15, 0.2) is 0 Å². The zero-order valence-corrected chi connectivity index (χ0v) is 12.3. The van der Waals surface area contributed by atoms with Gasteiger partial charge in [-0.05, 0) is 24.3 Å². The predicted octanol–water partition coefficient (Wildman–Crippen LogP) is 0.323. The lowest BCUT2D eigenvalue weighted by molar-refractivity contribution is -0.908. The molecule has 2 rings (SSSR count). The van der Waals surface area contributed by atoms with E-state index in [4.69, 9.17) is 4.74 Å². The summed E-state index contributed by atoms with van der Waals surface area (Å²) in [6.07, 6.45) is 0.896. The Hall–Kier alpha value is -1.73. The molecule has 1 amide bonds. The highest BCUT2D eigenvalue weighted by molar-refractivity contribution is 5.94. The summed E-state index contributed by atoms with van der Waals surface area (Å²) in [4.78, 5) is 13.4. The second-order valence-corrected chi connectivity index (χ2v) is 5.12. The van der Waals surface area contributed by atoms with Crippen molar-refractivity contribution in [1.82, 2.24) is 5.32 Å². The second-order valence-electron chi connectivity index (χ2n) is 5.12. The van der Waals surface area contributed by atoms with E-state index in [2.05, 4.69) is 10.1 Å². The van der Waals surface area contributed by atoms with Crippen LogP contribution in [0.15, 0.2) is 24.3 Å². The van der Waals surface area contributed by atoms with E-state index in [0.29, 0.717) is 12.1 Å². The number of carbonyl (C=O) groups excluding carboxylic acids is 1. The molecule has 1 fully saturated rings. The number of quaternary nitrogens is 1. The molecule has 0 radical (unpaired) electrons. The maximum atomic E-state index is 12.0. The lowest BCUT2D eigenvalue weighted by Gasteiger charge is -2.23. The minimum absolute atomic E-state index is 0.0440. The van der Waals surface area contributed by atoms with Gasteiger partial charge in [-0.2, -0.15) is 8.78 Å². The Labute approximate surface area is 128 Å². The molecule has 7 heteroatoms. The van der Waals surface area contributed by atoms with E-state index in [1.54, 1.807) is 0 Å². The van der Waals surface area contributed by atoms with Gasteiger partial charge >= 0.3 is 6.61 Å². The number of alkyl halides is 2. The van der Waals surface area contributed by atoms with Gasteiger partial charge in [-0.25, -0.2) is 0 Å². The van der Waals surface area contributed by atoms with Crippen LogP contribution >= 0.6 is 0 Å². The molecule has 1 aliphatic rings. The van der Waals surface area contributed by atoms with Crippen LogP contribution in [-0.4, -0.2) is 51.9 Å². The molecule has 0 aromatic heterocycles. The largest absolute Gasteiger partial charge is 0.435 e. The van der Waals surface area contributed by atoms with Gasteiger partial charge in [0.05, 0.1) is 19.8 Å². The van der Waals surface area contributed by atoms with Crippen molar-refractivity contribution in [2.75, 3.05) is 39.4 Å². The summed E-state index contributed by atoms with van der Waals surface area (Å²) >= 11 is 0. The molecule has 1 aromatic rings. The Morgan fingerprint density at radius 3 is 2.59 bits per heavy atom. The smallest absolute Gasteiger partial charge is 0.387 e. The van der Waals surface area contributed by atoms with Crippen molar-refractivity contribution >= 4 is 5.91 Å². The standard InChI is InChI=1S/C15H20F2N2O3/c16-15(17)22-13-4-2-12(3-5-13)14(20)18-6-1-7-19-8-10-21-11-9-19/h2-5,15H,1,6-11H2,(H,18,20)/p+1. The number of morpholine rings is 1. The fourth-order valence-electron chi connectivity index (χ4n) is 2.34. The Kier molecular flexibility index (Phi) is 6.54. The summed E-state index contributed by atoms with van der Waals surface area (Å²) in [6, 6.07) is 5.67. The maximum Gasteiger partial charge on any atom is 0.387 e. The van der Waals surface area contributed by atoms with Crippen LogP contribution in [0.5, 0.6) is 5.75 Å². The molecule has 0 bridgehead atoms. The van der Waals surface area contributed by atoms with Crippen LogP contribution in [0.3, 0.4) is 0 Å². The molecule has 0 unspecified atom stereocenters. The molecule has 5 nitrogen and oxygen atoms in total. The number of hydrogen-bond donors (Lipinski definition) is 2. The van der Waals surface area contributed by atoms with Crippen LogP contribution in [-0.2, 0) is 4.74 Å². The van der Waals surface area contributed by atoms with Crippen LogP contribution in [0.2, 0.25) is 0 Å². The summed E-state index contributed by atoms with van der Waals surface area (Å²) in [5, 5.41) is 2.83. The van der Waals surface area contributed by atoms with Gasteiger partial charge in [-0.3, -0.25) is 4.79 Å². The monoisotopic (exact) mass is 315 g/mol. The molecule has 22 heavy (non-hydrogen) atoms. The van der Waals surface area contributed by atoms with Crippen LogP contribution < -0.4 is 15.0 Å². The minimum Gasteiger partial charge on any atom is -0.435 e. The van der Waals surface area contributed by atoms with Gasteiger partial charge in [-0.1, -0.05) is 0 Å². The number of halogens is 2. The first kappa shape index (κ1) is 16.6. The van der Waals surface area contributed by atoms with Crippen molar-refractivity contribution in [2.24, 2.45) is 0 Å². The highest BCUT2D eigenvalue weighted by Crippen LogP contribution is 2.14. The van der Waals surface area contributed by atoms with Crippen LogP contribution in [0.1, 0.15) is 16.8 Å². The minimum atomic E-state index is -2.86. The molecule has 1 aromatic carbocycles. The van der Waals surface area contributed by atoms with E-state index in [9.17, 15) is 13.6 Å².